The van der Waals surface area contributed by atoms with Gasteiger partial charge in [-0.1, -0.05) is 32.6 Å². The average molecular weight is 310 g/mol. The molecule has 1 saturated carbocycles. The van der Waals surface area contributed by atoms with Crippen LogP contribution in [0.25, 0.3) is 0 Å². The van der Waals surface area contributed by atoms with E-state index in [1.807, 2.05) is 6.92 Å². The van der Waals surface area contributed by atoms with E-state index in [9.17, 15) is 13.2 Å². The summed E-state index contributed by atoms with van der Waals surface area (Å²) >= 11 is 0. The molecule has 0 aliphatic heterocycles. The molecule has 0 heterocycles. The van der Waals surface area contributed by atoms with Crippen LogP contribution < -0.4 is 5.32 Å². The Bertz CT molecular complexity index is 277. The average Bonchev–Trinajstić information content (AvgIpc) is 2.61. The zero-order chi connectivity index (χ0) is 15.8. The predicted octanol–water partition coefficient (Wildman–Crippen LogP) is 2.79. The molecule has 0 radical (unpaired) electrons. The lowest BCUT2D eigenvalue weighted by molar-refractivity contribution is -0.150. The Morgan fingerprint density at radius 3 is 2.24 bits per heavy atom. The fourth-order valence-corrected chi connectivity index (χ4v) is 3.34. The second-order valence-corrected chi connectivity index (χ2v) is 6.24. The standard InChI is InChI=1S/C15H29F3N2O/c1-2-19-11-14(7-5-3-4-6-8-14)12-20(9-10-21)13-15(16,17)18/h19,21H,2-13H2,1H3. The largest absolute Gasteiger partial charge is 0.401 e. The summed E-state index contributed by atoms with van der Waals surface area (Å²) in [6, 6.07) is 0. The fourth-order valence-electron chi connectivity index (χ4n) is 3.34. The smallest absolute Gasteiger partial charge is 0.395 e. The van der Waals surface area contributed by atoms with Crippen molar-refractivity contribution in [3.63, 3.8) is 0 Å². The summed E-state index contributed by atoms with van der Waals surface area (Å²) in [7, 11) is 0. The van der Waals surface area contributed by atoms with Crippen LogP contribution >= 0.6 is 0 Å². The number of hydrogen-bond acceptors (Lipinski definition) is 3. The Kier molecular flexibility index (Phi) is 7.98. The van der Waals surface area contributed by atoms with E-state index in [0.29, 0.717) is 6.54 Å². The minimum Gasteiger partial charge on any atom is -0.395 e. The van der Waals surface area contributed by atoms with Gasteiger partial charge >= 0.3 is 6.18 Å². The monoisotopic (exact) mass is 310 g/mol. The number of aliphatic hydroxyl groups excluding tert-OH is 1. The Labute approximate surface area is 125 Å². The van der Waals surface area contributed by atoms with Crippen molar-refractivity contribution in [2.75, 3.05) is 39.3 Å². The second kappa shape index (κ2) is 8.96. The molecule has 0 unspecified atom stereocenters. The minimum atomic E-state index is -4.21. The van der Waals surface area contributed by atoms with Crippen molar-refractivity contribution in [3.05, 3.63) is 0 Å². The molecule has 1 rings (SSSR count). The Morgan fingerprint density at radius 1 is 1.14 bits per heavy atom. The van der Waals surface area contributed by atoms with Gasteiger partial charge < -0.3 is 10.4 Å². The molecule has 0 saturated heterocycles. The summed E-state index contributed by atoms with van der Waals surface area (Å²) in [5.74, 6) is 0. The number of aliphatic hydroxyl groups is 1. The highest BCUT2D eigenvalue weighted by molar-refractivity contribution is 4.87. The maximum atomic E-state index is 12.7. The highest BCUT2D eigenvalue weighted by Crippen LogP contribution is 2.36. The first-order chi connectivity index (χ1) is 9.91. The topological polar surface area (TPSA) is 35.5 Å². The Morgan fingerprint density at radius 2 is 1.76 bits per heavy atom. The van der Waals surface area contributed by atoms with Crippen LogP contribution in [-0.2, 0) is 0 Å². The summed E-state index contributed by atoms with van der Waals surface area (Å²) in [6.07, 6.45) is 2.26. The normalized spacial score (nSPS) is 19.7. The molecule has 1 fully saturated rings. The molecular weight excluding hydrogens is 281 g/mol. The van der Waals surface area contributed by atoms with Crippen molar-refractivity contribution in [1.82, 2.24) is 10.2 Å². The van der Waals surface area contributed by atoms with Gasteiger partial charge in [0.15, 0.2) is 0 Å². The van der Waals surface area contributed by atoms with Crippen LogP contribution in [-0.4, -0.2) is 55.5 Å². The van der Waals surface area contributed by atoms with Gasteiger partial charge in [-0.3, -0.25) is 4.90 Å². The Hall–Kier alpha value is -0.330. The van der Waals surface area contributed by atoms with Crippen LogP contribution in [0.1, 0.15) is 45.4 Å². The molecule has 1 aliphatic rings. The van der Waals surface area contributed by atoms with E-state index in [-0.39, 0.29) is 18.6 Å². The molecule has 0 spiro atoms. The molecule has 0 aromatic carbocycles. The molecule has 21 heavy (non-hydrogen) atoms. The van der Waals surface area contributed by atoms with E-state index >= 15 is 0 Å². The highest BCUT2D eigenvalue weighted by Gasteiger charge is 2.37. The lowest BCUT2D eigenvalue weighted by atomic mass is 9.79. The molecular formula is C15H29F3N2O. The second-order valence-electron chi connectivity index (χ2n) is 6.24. The molecule has 2 N–H and O–H groups in total. The van der Waals surface area contributed by atoms with E-state index in [1.165, 1.54) is 17.7 Å². The van der Waals surface area contributed by atoms with E-state index < -0.39 is 12.7 Å². The highest BCUT2D eigenvalue weighted by atomic mass is 19.4. The number of nitrogens with zero attached hydrogens (tertiary/aromatic N) is 1. The van der Waals surface area contributed by atoms with E-state index in [1.54, 1.807) is 0 Å². The molecule has 6 heteroatoms. The van der Waals surface area contributed by atoms with Crippen molar-refractivity contribution < 1.29 is 18.3 Å². The number of hydrogen-bond donors (Lipinski definition) is 2. The third-order valence-electron chi connectivity index (χ3n) is 4.29. The van der Waals surface area contributed by atoms with Crippen molar-refractivity contribution >= 4 is 0 Å². The van der Waals surface area contributed by atoms with Gasteiger partial charge in [-0.15, -0.1) is 0 Å². The number of nitrogens with one attached hydrogen (secondary N) is 1. The van der Waals surface area contributed by atoms with Crippen LogP contribution in [0, 0.1) is 5.41 Å². The van der Waals surface area contributed by atoms with Gasteiger partial charge in [0.1, 0.15) is 0 Å². The summed E-state index contributed by atoms with van der Waals surface area (Å²) in [4.78, 5) is 1.38. The number of alkyl halides is 3. The van der Waals surface area contributed by atoms with Gasteiger partial charge in [0.05, 0.1) is 13.2 Å². The van der Waals surface area contributed by atoms with Gasteiger partial charge in [0.2, 0.25) is 0 Å². The van der Waals surface area contributed by atoms with Gasteiger partial charge in [-0.2, -0.15) is 13.2 Å². The molecule has 0 amide bonds. The van der Waals surface area contributed by atoms with Gasteiger partial charge in [0.25, 0.3) is 0 Å². The van der Waals surface area contributed by atoms with Crippen molar-refractivity contribution in [3.8, 4) is 0 Å². The summed E-state index contributed by atoms with van der Waals surface area (Å²) < 4.78 is 38.1. The zero-order valence-corrected chi connectivity index (χ0v) is 13.0. The molecule has 126 valence electrons. The van der Waals surface area contributed by atoms with E-state index in [0.717, 1.165) is 38.8 Å². The lowest BCUT2D eigenvalue weighted by Crippen LogP contribution is -2.47. The molecule has 3 nitrogen and oxygen atoms in total. The number of rotatable bonds is 8. The van der Waals surface area contributed by atoms with Crippen molar-refractivity contribution in [2.45, 2.75) is 51.6 Å². The maximum Gasteiger partial charge on any atom is 0.401 e. The molecule has 0 atom stereocenters. The molecule has 1 aliphatic carbocycles. The SMILES string of the molecule is CCNCC1(CN(CCO)CC(F)(F)F)CCCCCC1. The van der Waals surface area contributed by atoms with Crippen LogP contribution in [0.15, 0.2) is 0 Å². The van der Waals surface area contributed by atoms with Crippen molar-refractivity contribution in [1.29, 1.82) is 0 Å². The fraction of sp³-hybridized carbons (Fsp3) is 1.00. The van der Waals surface area contributed by atoms with E-state index in [4.69, 9.17) is 5.11 Å². The predicted molar refractivity (Wildman–Crippen MR) is 78.3 cm³/mol. The maximum absolute atomic E-state index is 12.7. The van der Waals surface area contributed by atoms with Gasteiger partial charge in [-0.25, -0.2) is 0 Å². The first kappa shape index (κ1) is 18.7. The van der Waals surface area contributed by atoms with Crippen LogP contribution in [0.5, 0.6) is 0 Å². The summed E-state index contributed by atoms with van der Waals surface area (Å²) in [5.41, 5.74) is -0.0903. The van der Waals surface area contributed by atoms with E-state index in [2.05, 4.69) is 5.32 Å². The first-order valence-corrected chi connectivity index (χ1v) is 8.01. The molecule has 0 aromatic heterocycles. The number of halogens is 3. The van der Waals surface area contributed by atoms with Gasteiger partial charge in [0, 0.05) is 19.6 Å². The minimum absolute atomic E-state index is 0.0903. The third kappa shape index (κ3) is 7.47. The van der Waals surface area contributed by atoms with Crippen LogP contribution in [0.4, 0.5) is 13.2 Å². The summed E-state index contributed by atoms with van der Waals surface area (Å²) in [5, 5.41) is 12.4. The van der Waals surface area contributed by atoms with Gasteiger partial charge in [-0.05, 0) is 24.8 Å². The van der Waals surface area contributed by atoms with Crippen LogP contribution in [0.2, 0.25) is 0 Å². The summed E-state index contributed by atoms with van der Waals surface area (Å²) in [6.45, 7) is 2.97. The first-order valence-electron chi connectivity index (χ1n) is 8.01. The quantitative estimate of drug-likeness (QED) is 0.677. The van der Waals surface area contributed by atoms with Crippen molar-refractivity contribution in [2.24, 2.45) is 5.41 Å². The molecule has 0 aromatic rings. The molecule has 0 bridgehead atoms. The Balaban J connectivity index is 2.74. The van der Waals surface area contributed by atoms with Crippen LogP contribution in [0.3, 0.4) is 0 Å². The zero-order valence-electron chi connectivity index (χ0n) is 13.0. The third-order valence-corrected chi connectivity index (χ3v) is 4.29. The lowest BCUT2D eigenvalue weighted by Gasteiger charge is -2.38.